The second kappa shape index (κ2) is 9.50. The fourth-order valence-corrected chi connectivity index (χ4v) is 3.46. The molecule has 33 heavy (non-hydrogen) atoms. The van der Waals surface area contributed by atoms with Crippen molar-refractivity contribution in [3.05, 3.63) is 60.7 Å². The van der Waals surface area contributed by atoms with Crippen molar-refractivity contribution in [1.29, 1.82) is 0 Å². The van der Waals surface area contributed by atoms with Crippen molar-refractivity contribution in [2.24, 2.45) is 0 Å². The lowest BCUT2D eigenvalue weighted by atomic mass is 10.3. The third kappa shape index (κ3) is 4.50. The van der Waals surface area contributed by atoms with E-state index in [0.29, 0.717) is 11.5 Å². The minimum Gasteiger partial charge on any atom is -0.473 e. The van der Waals surface area contributed by atoms with Crippen LogP contribution in [0.3, 0.4) is 0 Å². The van der Waals surface area contributed by atoms with Gasteiger partial charge < -0.3 is 29.9 Å². The van der Waals surface area contributed by atoms with Crippen LogP contribution in [-0.2, 0) is 0 Å². The van der Waals surface area contributed by atoms with Gasteiger partial charge in [-0.15, -0.1) is 0 Å². The molecule has 176 valence electrons. The van der Waals surface area contributed by atoms with Gasteiger partial charge in [-0.2, -0.15) is 0 Å². The molecule has 0 radical (unpaired) electrons. The standard InChI is InChI=1S/C21H24N4O8/c26-16-18(28)24(12-32-14-7-3-1-4-8-14)20(30)22(16)11-23-17(27)19(29)25(21(23)31)13-33-15-9-5-2-6-10-15/h1-10,16-19,26-29H,11-13H2. The van der Waals surface area contributed by atoms with Crippen LogP contribution in [0.4, 0.5) is 9.59 Å². The number of carbonyl (C=O) groups is 2. The molecule has 2 fully saturated rings. The van der Waals surface area contributed by atoms with Gasteiger partial charge in [0.1, 0.15) is 18.2 Å². The number of urea groups is 2. The largest absolute Gasteiger partial charge is 0.473 e. The number of benzene rings is 2. The SMILES string of the molecule is O=C1N(COc2ccccc2)C(O)C(O)N1CN1C(=O)N(COc2ccccc2)C(O)C1O. The third-order valence-corrected chi connectivity index (χ3v) is 5.33. The summed E-state index contributed by atoms with van der Waals surface area (Å²) >= 11 is 0. The average molecular weight is 460 g/mol. The van der Waals surface area contributed by atoms with Crippen LogP contribution >= 0.6 is 0 Å². The van der Waals surface area contributed by atoms with E-state index in [1.165, 1.54) is 0 Å². The average Bonchev–Trinajstić information content (AvgIpc) is 3.16. The molecule has 4 N–H and O–H groups in total. The predicted molar refractivity (Wildman–Crippen MR) is 111 cm³/mol. The summed E-state index contributed by atoms with van der Waals surface area (Å²) < 4.78 is 10.9. The Bertz CT molecular complexity index is 888. The van der Waals surface area contributed by atoms with Gasteiger partial charge in [0.15, 0.2) is 38.4 Å². The first-order valence-corrected chi connectivity index (χ1v) is 10.1. The monoisotopic (exact) mass is 460 g/mol. The lowest BCUT2D eigenvalue weighted by molar-refractivity contribution is -0.105. The fourth-order valence-electron chi connectivity index (χ4n) is 3.46. The van der Waals surface area contributed by atoms with Gasteiger partial charge in [-0.3, -0.25) is 19.6 Å². The summed E-state index contributed by atoms with van der Waals surface area (Å²) in [5, 5.41) is 41.3. The molecular formula is C21H24N4O8. The molecule has 2 aromatic carbocycles. The Balaban J connectivity index is 1.39. The molecular weight excluding hydrogens is 436 g/mol. The fraction of sp³-hybridized carbons (Fsp3) is 0.333. The van der Waals surface area contributed by atoms with E-state index in [9.17, 15) is 30.0 Å². The van der Waals surface area contributed by atoms with Gasteiger partial charge in [-0.25, -0.2) is 9.59 Å². The molecule has 12 heteroatoms. The van der Waals surface area contributed by atoms with E-state index < -0.39 is 43.6 Å². The summed E-state index contributed by atoms with van der Waals surface area (Å²) in [4.78, 5) is 28.8. The molecule has 0 saturated carbocycles. The number of hydrogen-bond acceptors (Lipinski definition) is 8. The maximum absolute atomic E-state index is 12.8. The zero-order valence-electron chi connectivity index (χ0n) is 17.4. The van der Waals surface area contributed by atoms with Gasteiger partial charge in [0, 0.05) is 0 Å². The topological polar surface area (TPSA) is 146 Å². The summed E-state index contributed by atoms with van der Waals surface area (Å²) in [5.41, 5.74) is 0. The molecule has 4 atom stereocenters. The molecule has 2 saturated heterocycles. The van der Waals surface area contributed by atoms with Crippen molar-refractivity contribution in [2.45, 2.75) is 24.9 Å². The Morgan fingerprint density at radius 2 is 0.909 bits per heavy atom. The number of aliphatic hydroxyl groups excluding tert-OH is 4. The second-order valence-electron chi connectivity index (χ2n) is 7.41. The van der Waals surface area contributed by atoms with Crippen molar-refractivity contribution in [2.75, 3.05) is 20.1 Å². The molecule has 2 aliphatic rings. The molecule has 4 rings (SSSR count). The Morgan fingerprint density at radius 1 is 0.576 bits per heavy atom. The Morgan fingerprint density at radius 3 is 1.27 bits per heavy atom. The van der Waals surface area contributed by atoms with Crippen molar-refractivity contribution < 1.29 is 39.5 Å². The van der Waals surface area contributed by atoms with Crippen LogP contribution in [0.2, 0.25) is 0 Å². The van der Waals surface area contributed by atoms with Crippen molar-refractivity contribution in [3.63, 3.8) is 0 Å². The number of aliphatic hydroxyl groups is 4. The quantitative estimate of drug-likeness (QED) is 0.422. The summed E-state index contributed by atoms with van der Waals surface area (Å²) in [6.45, 7) is -1.29. The van der Waals surface area contributed by atoms with E-state index in [1.807, 2.05) is 0 Å². The highest BCUT2D eigenvalue weighted by Crippen LogP contribution is 2.26. The molecule has 0 aromatic heterocycles. The minimum atomic E-state index is -1.69. The van der Waals surface area contributed by atoms with Crippen molar-refractivity contribution >= 4 is 12.1 Å². The van der Waals surface area contributed by atoms with Gasteiger partial charge in [0.05, 0.1) is 0 Å². The molecule has 2 aromatic rings. The van der Waals surface area contributed by atoms with Gasteiger partial charge >= 0.3 is 12.1 Å². The van der Waals surface area contributed by atoms with E-state index >= 15 is 0 Å². The third-order valence-electron chi connectivity index (χ3n) is 5.33. The van der Waals surface area contributed by atoms with Crippen LogP contribution in [0, 0.1) is 0 Å². The number of hydrogen-bond donors (Lipinski definition) is 4. The molecule has 0 spiro atoms. The van der Waals surface area contributed by atoms with Crippen LogP contribution in [0.15, 0.2) is 60.7 Å². The van der Waals surface area contributed by atoms with E-state index in [2.05, 4.69) is 0 Å². The van der Waals surface area contributed by atoms with Gasteiger partial charge in [-0.05, 0) is 24.3 Å². The Labute approximate surface area is 189 Å². The molecule has 2 heterocycles. The summed E-state index contributed by atoms with van der Waals surface area (Å²) in [6.07, 6.45) is -6.63. The van der Waals surface area contributed by atoms with Crippen molar-refractivity contribution in [1.82, 2.24) is 19.6 Å². The first-order valence-electron chi connectivity index (χ1n) is 10.1. The summed E-state index contributed by atoms with van der Waals surface area (Å²) in [7, 11) is 0. The molecule has 4 amide bonds. The van der Waals surface area contributed by atoms with E-state index in [4.69, 9.17) is 9.47 Å². The maximum atomic E-state index is 12.8. The Kier molecular flexibility index (Phi) is 6.51. The van der Waals surface area contributed by atoms with Crippen LogP contribution in [-0.4, -0.2) is 97.1 Å². The number of rotatable bonds is 8. The number of amides is 4. The van der Waals surface area contributed by atoms with Crippen LogP contribution in [0.1, 0.15) is 0 Å². The van der Waals surface area contributed by atoms with Gasteiger partial charge in [-0.1, -0.05) is 36.4 Å². The lowest BCUT2D eigenvalue weighted by Gasteiger charge is -2.27. The number of para-hydroxylation sites is 2. The highest BCUT2D eigenvalue weighted by atomic mass is 16.5. The molecule has 2 aliphatic heterocycles. The van der Waals surface area contributed by atoms with Crippen LogP contribution in [0.25, 0.3) is 0 Å². The zero-order chi connectivity index (χ0) is 23.5. The molecule has 4 unspecified atom stereocenters. The molecule has 0 aliphatic carbocycles. The van der Waals surface area contributed by atoms with E-state index in [1.54, 1.807) is 60.7 Å². The van der Waals surface area contributed by atoms with Gasteiger partial charge in [0.2, 0.25) is 0 Å². The number of nitrogens with zero attached hydrogens (tertiary/aromatic N) is 4. The molecule has 12 nitrogen and oxygen atoms in total. The van der Waals surface area contributed by atoms with E-state index in [0.717, 1.165) is 19.6 Å². The first-order chi connectivity index (χ1) is 15.9. The second-order valence-corrected chi connectivity index (χ2v) is 7.41. The predicted octanol–water partition coefficient (Wildman–Crippen LogP) is -0.234. The van der Waals surface area contributed by atoms with Crippen LogP contribution < -0.4 is 9.47 Å². The minimum absolute atomic E-state index is 0.353. The normalized spacial score (nSPS) is 25.2. The molecule has 0 bridgehead atoms. The first kappa shape index (κ1) is 22.6. The van der Waals surface area contributed by atoms with Crippen molar-refractivity contribution in [3.8, 4) is 11.5 Å². The Hall–Kier alpha value is -3.58. The highest BCUT2D eigenvalue weighted by molar-refractivity contribution is 5.80. The van der Waals surface area contributed by atoms with Gasteiger partial charge in [0.25, 0.3) is 0 Å². The van der Waals surface area contributed by atoms with Crippen LogP contribution in [0.5, 0.6) is 11.5 Å². The summed E-state index contributed by atoms with van der Waals surface area (Å²) in [5.74, 6) is 0.903. The number of ether oxygens (including phenoxy) is 2. The number of carbonyl (C=O) groups excluding carboxylic acids is 2. The highest BCUT2D eigenvalue weighted by Gasteiger charge is 2.50. The zero-order valence-corrected chi connectivity index (χ0v) is 17.4. The van der Waals surface area contributed by atoms with E-state index in [-0.39, 0.29) is 13.5 Å². The smallest absolute Gasteiger partial charge is 0.328 e. The maximum Gasteiger partial charge on any atom is 0.328 e. The summed E-state index contributed by atoms with van der Waals surface area (Å²) in [6, 6.07) is 15.5. The lowest BCUT2D eigenvalue weighted by Crippen LogP contribution is -2.48.